The predicted molar refractivity (Wildman–Crippen MR) is 104 cm³/mol. The number of para-hydroxylation sites is 2. The number of hydrogen-bond acceptors (Lipinski definition) is 3. The SMILES string of the molecule is O=c1c2cnc3nc4ccccc4n3c2ccn1-c1cc(Cl)cc(Cl)c1. The van der Waals surface area contributed by atoms with Gasteiger partial charge in [0.1, 0.15) is 0 Å². The van der Waals surface area contributed by atoms with Crippen molar-refractivity contribution in [2.45, 2.75) is 0 Å². The van der Waals surface area contributed by atoms with Gasteiger partial charge in [-0.2, -0.15) is 0 Å². The van der Waals surface area contributed by atoms with E-state index in [9.17, 15) is 4.79 Å². The van der Waals surface area contributed by atoms with Crippen molar-refractivity contribution in [1.29, 1.82) is 0 Å². The molecule has 0 atom stereocenters. The first-order valence-electron chi connectivity index (χ1n) is 7.86. The molecule has 126 valence electrons. The number of benzene rings is 2. The summed E-state index contributed by atoms with van der Waals surface area (Å²) in [5.41, 5.74) is 2.89. The number of hydrogen-bond donors (Lipinski definition) is 0. The van der Waals surface area contributed by atoms with Crippen LogP contribution in [0.5, 0.6) is 0 Å². The normalized spacial score (nSPS) is 11.6. The molecule has 7 heteroatoms. The molecular formula is C19H10Cl2N4O. The zero-order valence-electron chi connectivity index (χ0n) is 13.2. The number of halogens is 2. The van der Waals surface area contributed by atoms with Gasteiger partial charge in [0.25, 0.3) is 5.56 Å². The first kappa shape index (κ1) is 15.4. The second-order valence-electron chi connectivity index (χ2n) is 5.91. The highest BCUT2D eigenvalue weighted by atomic mass is 35.5. The van der Waals surface area contributed by atoms with Gasteiger partial charge in [-0.1, -0.05) is 35.3 Å². The molecule has 0 aliphatic rings. The lowest BCUT2D eigenvalue weighted by atomic mass is 10.2. The molecule has 0 radical (unpaired) electrons. The Bertz CT molecular complexity index is 1370. The van der Waals surface area contributed by atoms with E-state index in [1.165, 1.54) is 4.57 Å². The van der Waals surface area contributed by atoms with Crippen LogP contribution >= 0.6 is 23.2 Å². The maximum Gasteiger partial charge on any atom is 0.266 e. The van der Waals surface area contributed by atoms with Crippen LogP contribution in [0.15, 0.2) is 65.7 Å². The number of rotatable bonds is 1. The van der Waals surface area contributed by atoms with Gasteiger partial charge in [0, 0.05) is 22.4 Å². The zero-order valence-corrected chi connectivity index (χ0v) is 14.7. The minimum Gasteiger partial charge on any atom is -0.284 e. The van der Waals surface area contributed by atoms with Gasteiger partial charge in [0.05, 0.1) is 27.6 Å². The van der Waals surface area contributed by atoms with Crippen molar-refractivity contribution in [2.24, 2.45) is 0 Å². The first-order chi connectivity index (χ1) is 12.6. The summed E-state index contributed by atoms with van der Waals surface area (Å²) in [6.45, 7) is 0. The van der Waals surface area contributed by atoms with Crippen molar-refractivity contribution < 1.29 is 0 Å². The number of aromatic nitrogens is 4. The molecule has 5 aromatic rings. The molecule has 0 fully saturated rings. The molecule has 26 heavy (non-hydrogen) atoms. The van der Waals surface area contributed by atoms with Crippen LogP contribution in [0.4, 0.5) is 0 Å². The Morgan fingerprint density at radius 2 is 1.69 bits per heavy atom. The Morgan fingerprint density at radius 1 is 0.923 bits per heavy atom. The highest BCUT2D eigenvalue weighted by Crippen LogP contribution is 2.23. The van der Waals surface area contributed by atoms with Crippen molar-refractivity contribution in [1.82, 2.24) is 18.9 Å². The molecule has 3 heterocycles. The molecule has 0 aliphatic carbocycles. The Labute approximate surface area is 157 Å². The minimum atomic E-state index is -0.201. The summed E-state index contributed by atoms with van der Waals surface area (Å²) in [4.78, 5) is 21.9. The van der Waals surface area contributed by atoms with Gasteiger partial charge in [-0.15, -0.1) is 0 Å². The summed E-state index contributed by atoms with van der Waals surface area (Å²) in [6.07, 6.45) is 3.27. The Balaban J connectivity index is 1.88. The van der Waals surface area contributed by atoms with Crippen molar-refractivity contribution in [3.63, 3.8) is 0 Å². The molecule has 0 N–H and O–H groups in total. The lowest BCUT2D eigenvalue weighted by molar-refractivity contribution is 1.00. The largest absolute Gasteiger partial charge is 0.284 e. The minimum absolute atomic E-state index is 0.201. The molecule has 2 aromatic carbocycles. The Hall–Kier alpha value is -2.89. The van der Waals surface area contributed by atoms with Gasteiger partial charge in [0.15, 0.2) is 0 Å². The summed E-state index contributed by atoms with van der Waals surface area (Å²) >= 11 is 12.1. The lowest BCUT2D eigenvalue weighted by Gasteiger charge is -2.09. The standard InChI is InChI=1S/C19H10Cl2N4O/c20-11-7-12(21)9-13(8-11)24-6-5-16-14(18(24)26)10-22-19-23-15-3-1-2-4-17(15)25(16)19/h1-10H. The lowest BCUT2D eigenvalue weighted by Crippen LogP contribution is -2.18. The van der Waals surface area contributed by atoms with Crippen LogP contribution in [0.2, 0.25) is 10.0 Å². The zero-order chi connectivity index (χ0) is 17.8. The summed E-state index contributed by atoms with van der Waals surface area (Å²) in [6, 6.07) is 14.6. The highest BCUT2D eigenvalue weighted by Gasteiger charge is 2.12. The van der Waals surface area contributed by atoms with E-state index in [2.05, 4.69) is 9.97 Å². The van der Waals surface area contributed by atoms with Gasteiger partial charge in [-0.05, 0) is 36.4 Å². The van der Waals surface area contributed by atoms with Crippen LogP contribution in [0.1, 0.15) is 0 Å². The maximum atomic E-state index is 13.1. The van der Waals surface area contributed by atoms with E-state index in [-0.39, 0.29) is 5.56 Å². The van der Waals surface area contributed by atoms with E-state index < -0.39 is 0 Å². The fraction of sp³-hybridized carbons (Fsp3) is 0. The topological polar surface area (TPSA) is 52.2 Å². The molecule has 0 amide bonds. The first-order valence-corrected chi connectivity index (χ1v) is 8.61. The van der Waals surface area contributed by atoms with Crippen LogP contribution in [-0.2, 0) is 0 Å². The average Bonchev–Trinajstić information content (AvgIpc) is 3.00. The monoisotopic (exact) mass is 380 g/mol. The second-order valence-corrected chi connectivity index (χ2v) is 6.78. The molecule has 0 saturated carbocycles. The van der Waals surface area contributed by atoms with E-state index >= 15 is 0 Å². The van der Waals surface area contributed by atoms with Gasteiger partial charge >= 0.3 is 0 Å². The molecule has 5 rings (SSSR count). The van der Waals surface area contributed by atoms with Gasteiger partial charge in [0.2, 0.25) is 5.78 Å². The quantitative estimate of drug-likeness (QED) is 0.430. The highest BCUT2D eigenvalue weighted by molar-refractivity contribution is 6.34. The van der Waals surface area contributed by atoms with Crippen LogP contribution < -0.4 is 5.56 Å². The maximum absolute atomic E-state index is 13.1. The van der Waals surface area contributed by atoms with E-state index in [0.29, 0.717) is 26.9 Å². The summed E-state index contributed by atoms with van der Waals surface area (Å²) < 4.78 is 3.40. The molecule has 0 spiro atoms. The summed E-state index contributed by atoms with van der Waals surface area (Å²) in [7, 11) is 0. The number of fused-ring (bicyclic) bond motifs is 5. The molecule has 3 aromatic heterocycles. The number of imidazole rings is 1. The third kappa shape index (κ3) is 2.21. The van der Waals surface area contributed by atoms with Crippen LogP contribution in [0.25, 0.3) is 33.4 Å². The summed E-state index contributed by atoms with van der Waals surface area (Å²) in [5.74, 6) is 0.557. The molecule has 0 bridgehead atoms. The molecular weight excluding hydrogens is 371 g/mol. The van der Waals surface area contributed by atoms with Crippen LogP contribution in [0.3, 0.4) is 0 Å². The van der Waals surface area contributed by atoms with Crippen molar-refractivity contribution >= 4 is 50.9 Å². The number of pyridine rings is 1. The van der Waals surface area contributed by atoms with Crippen LogP contribution in [0, 0.1) is 0 Å². The third-order valence-electron chi connectivity index (χ3n) is 4.33. The van der Waals surface area contributed by atoms with E-state index in [1.54, 1.807) is 30.6 Å². The predicted octanol–water partition coefficient (Wildman–Crippen LogP) is 4.49. The van der Waals surface area contributed by atoms with Gasteiger partial charge in [-0.25, -0.2) is 9.97 Å². The average molecular weight is 381 g/mol. The van der Waals surface area contributed by atoms with Crippen LogP contribution in [-0.4, -0.2) is 18.9 Å². The fourth-order valence-corrected chi connectivity index (χ4v) is 3.71. The van der Waals surface area contributed by atoms with Crippen molar-refractivity contribution in [3.05, 3.63) is 81.3 Å². The van der Waals surface area contributed by atoms with Gasteiger partial charge in [-0.3, -0.25) is 13.8 Å². The van der Waals surface area contributed by atoms with Crippen molar-refractivity contribution in [2.75, 3.05) is 0 Å². The van der Waals surface area contributed by atoms with E-state index in [0.717, 1.165) is 16.6 Å². The van der Waals surface area contributed by atoms with E-state index in [1.807, 2.05) is 34.7 Å². The number of nitrogens with zero attached hydrogens (tertiary/aromatic N) is 4. The molecule has 0 unspecified atom stereocenters. The second kappa shape index (κ2) is 5.56. The van der Waals surface area contributed by atoms with Gasteiger partial charge < -0.3 is 0 Å². The Kier molecular flexibility index (Phi) is 3.29. The Morgan fingerprint density at radius 3 is 2.50 bits per heavy atom. The summed E-state index contributed by atoms with van der Waals surface area (Å²) in [5, 5.41) is 1.42. The molecule has 5 nitrogen and oxygen atoms in total. The van der Waals surface area contributed by atoms with Crippen molar-refractivity contribution in [3.8, 4) is 5.69 Å². The van der Waals surface area contributed by atoms with E-state index in [4.69, 9.17) is 23.2 Å². The molecule has 0 aliphatic heterocycles. The smallest absolute Gasteiger partial charge is 0.266 e. The molecule has 0 saturated heterocycles. The third-order valence-corrected chi connectivity index (χ3v) is 4.76. The fourth-order valence-electron chi connectivity index (χ4n) is 3.20.